The molecule has 0 amide bonds. The van der Waals surface area contributed by atoms with Crippen molar-refractivity contribution in [2.24, 2.45) is 0 Å². The van der Waals surface area contributed by atoms with E-state index < -0.39 is 0 Å². The number of aromatic nitrogens is 2. The van der Waals surface area contributed by atoms with E-state index >= 15 is 0 Å². The van der Waals surface area contributed by atoms with E-state index in [4.69, 9.17) is 5.11 Å². The van der Waals surface area contributed by atoms with Gasteiger partial charge in [0.05, 0.1) is 18.0 Å². The third-order valence-corrected chi connectivity index (χ3v) is 2.35. The van der Waals surface area contributed by atoms with Gasteiger partial charge in [-0.15, -0.1) is 0 Å². The zero-order valence-corrected chi connectivity index (χ0v) is 8.94. The van der Waals surface area contributed by atoms with Gasteiger partial charge >= 0.3 is 0 Å². The van der Waals surface area contributed by atoms with Crippen LogP contribution in [0, 0.1) is 13.8 Å². The van der Waals surface area contributed by atoms with Gasteiger partial charge in [-0.3, -0.25) is 0 Å². The summed E-state index contributed by atoms with van der Waals surface area (Å²) < 4.78 is 1.88. The number of benzene rings is 1. The molecule has 3 heteroatoms. The van der Waals surface area contributed by atoms with Crippen LogP contribution < -0.4 is 0 Å². The smallest absolute Gasteiger partial charge is 0.0682 e. The molecular formula is C12H14N2O. The zero-order chi connectivity index (χ0) is 10.8. The molecule has 0 unspecified atom stereocenters. The summed E-state index contributed by atoms with van der Waals surface area (Å²) in [5.41, 5.74) is 4.00. The SMILES string of the molecule is Cc1cc(C)n(-c2cccc(CO)c2)n1. The maximum absolute atomic E-state index is 9.05. The first-order chi connectivity index (χ1) is 7.20. The highest BCUT2D eigenvalue weighted by Gasteiger charge is 2.03. The van der Waals surface area contributed by atoms with Crippen molar-refractivity contribution in [1.82, 2.24) is 9.78 Å². The molecule has 0 fully saturated rings. The van der Waals surface area contributed by atoms with E-state index in [2.05, 4.69) is 5.10 Å². The maximum Gasteiger partial charge on any atom is 0.0682 e. The highest BCUT2D eigenvalue weighted by molar-refractivity contribution is 5.36. The standard InChI is InChI=1S/C12H14N2O/c1-9-6-10(2)14(13-9)12-5-3-4-11(7-12)8-15/h3-7,15H,8H2,1-2H3. The number of hydrogen-bond acceptors (Lipinski definition) is 2. The summed E-state index contributed by atoms with van der Waals surface area (Å²) in [4.78, 5) is 0. The molecular weight excluding hydrogens is 188 g/mol. The topological polar surface area (TPSA) is 38.0 Å². The van der Waals surface area contributed by atoms with Crippen molar-refractivity contribution in [1.29, 1.82) is 0 Å². The molecule has 0 saturated carbocycles. The average molecular weight is 202 g/mol. The van der Waals surface area contributed by atoms with E-state index in [9.17, 15) is 0 Å². The predicted octanol–water partition coefficient (Wildman–Crippen LogP) is 1.98. The summed E-state index contributed by atoms with van der Waals surface area (Å²) in [5, 5.41) is 13.4. The van der Waals surface area contributed by atoms with Crippen molar-refractivity contribution in [2.45, 2.75) is 20.5 Å². The molecule has 0 aliphatic carbocycles. The number of aliphatic hydroxyl groups is 1. The van der Waals surface area contributed by atoms with E-state index in [-0.39, 0.29) is 6.61 Å². The van der Waals surface area contributed by atoms with Crippen molar-refractivity contribution >= 4 is 0 Å². The van der Waals surface area contributed by atoms with Gasteiger partial charge < -0.3 is 5.11 Å². The van der Waals surface area contributed by atoms with E-state index in [1.807, 2.05) is 48.9 Å². The molecule has 15 heavy (non-hydrogen) atoms. The molecule has 0 bridgehead atoms. The van der Waals surface area contributed by atoms with Gasteiger partial charge in [0, 0.05) is 5.69 Å². The van der Waals surface area contributed by atoms with Crippen LogP contribution in [0.25, 0.3) is 5.69 Å². The van der Waals surface area contributed by atoms with Crippen LogP contribution in [-0.2, 0) is 6.61 Å². The summed E-state index contributed by atoms with van der Waals surface area (Å²) in [6, 6.07) is 9.79. The van der Waals surface area contributed by atoms with Crippen LogP contribution in [0.3, 0.4) is 0 Å². The molecule has 2 aromatic rings. The Labute approximate surface area is 89.0 Å². The molecule has 1 aromatic heterocycles. The Hall–Kier alpha value is -1.61. The number of hydrogen-bond donors (Lipinski definition) is 1. The minimum absolute atomic E-state index is 0.0626. The highest BCUT2D eigenvalue weighted by Crippen LogP contribution is 2.13. The predicted molar refractivity (Wildman–Crippen MR) is 59.0 cm³/mol. The Morgan fingerprint density at radius 3 is 2.67 bits per heavy atom. The third kappa shape index (κ3) is 1.92. The fourth-order valence-electron chi connectivity index (χ4n) is 1.68. The normalized spacial score (nSPS) is 10.6. The van der Waals surface area contributed by atoms with Crippen LogP contribution in [-0.4, -0.2) is 14.9 Å². The highest BCUT2D eigenvalue weighted by atomic mass is 16.3. The molecule has 0 atom stereocenters. The molecule has 1 N–H and O–H groups in total. The van der Waals surface area contributed by atoms with E-state index in [0.29, 0.717) is 0 Å². The molecule has 0 aliphatic heterocycles. The van der Waals surface area contributed by atoms with Crippen molar-refractivity contribution in [2.75, 3.05) is 0 Å². The van der Waals surface area contributed by atoms with E-state index in [0.717, 1.165) is 22.6 Å². The van der Waals surface area contributed by atoms with Gasteiger partial charge in [-0.1, -0.05) is 12.1 Å². The number of nitrogens with zero attached hydrogens (tertiary/aromatic N) is 2. The first-order valence-electron chi connectivity index (χ1n) is 4.94. The molecule has 2 rings (SSSR count). The summed E-state index contributed by atoms with van der Waals surface area (Å²) in [6.45, 7) is 4.05. The molecule has 78 valence electrons. The van der Waals surface area contributed by atoms with E-state index in [1.54, 1.807) is 0 Å². The Balaban J connectivity index is 2.49. The van der Waals surface area contributed by atoms with Crippen LogP contribution >= 0.6 is 0 Å². The fraction of sp³-hybridized carbons (Fsp3) is 0.250. The van der Waals surface area contributed by atoms with Crippen molar-refractivity contribution in [3.8, 4) is 5.69 Å². The lowest BCUT2D eigenvalue weighted by atomic mass is 10.2. The minimum atomic E-state index is 0.0626. The molecule has 0 saturated heterocycles. The Morgan fingerprint density at radius 2 is 2.07 bits per heavy atom. The maximum atomic E-state index is 9.05. The van der Waals surface area contributed by atoms with Gasteiger partial charge in [-0.05, 0) is 37.6 Å². The lowest BCUT2D eigenvalue weighted by Gasteiger charge is -2.05. The van der Waals surface area contributed by atoms with Crippen LogP contribution in [0.5, 0.6) is 0 Å². The van der Waals surface area contributed by atoms with Gasteiger partial charge in [-0.2, -0.15) is 5.10 Å². The second-order valence-corrected chi connectivity index (χ2v) is 3.67. The van der Waals surface area contributed by atoms with Crippen molar-refractivity contribution in [3.05, 3.63) is 47.3 Å². The second kappa shape index (κ2) is 3.87. The third-order valence-electron chi connectivity index (χ3n) is 2.35. The van der Waals surface area contributed by atoms with E-state index in [1.165, 1.54) is 0 Å². The Bertz CT molecular complexity index is 474. The second-order valence-electron chi connectivity index (χ2n) is 3.67. The van der Waals surface area contributed by atoms with Crippen molar-refractivity contribution in [3.63, 3.8) is 0 Å². The zero-order valence-electron chi connectivity index (χ0n) is 8.94. The minimum Gasteiger partial charge on any atom is -0.392 e. The summed E-state index contributed by atoms with van der Waals surface area (Å²) in [5.74, 6) is 0. The van der Waals surface area contributed by atoms with Gasteiger partial charge in [-0.25, -0.2) is 4.68 Å². The largest absolute Gasteiger partial charge is 0.392 e. The molecule has 1 aromatic carbocycles. The molecule has 0 aliphatic rings. The summed E-state index contributed by atoms with van der Waals surface area (Å²) >= 11 is 0. The first-order valence-corrected chi connectivity index (χ1v) is 4.94. The van der Waals surface area contributed by atoms with Crippen LogP contribution in [0.4, 0.5) is 0 Å². The quantitative estimate of drug-likeness (QED) is 0.808. The summed E-state index contributed by atoms with van der Waals surface area (Å²) in [6.07, 6.45) is 0. The van der Waals surface area contributed by atoms with Crippen LogP contribution in [0.1, 0.15) is 17.0 Å². The fourth-order valence-corrected chi connectivity index (χ4v) is 1.68. The molecule has 0 radical (unpaired) electrons. The number of aliphatic hydroxyl groups excluding tert-OH is 1. The van der Waals surface area contributed by atoms with Gasteiger partial charge in [0.15, 0.2) is 0 Å². The van der Waals surface area contributed by atoms with Crippen LogP contribution in [0.2, 0.25) is 0 Å². The monoisotopic (exact) mass is 202 g/mol. The number of aryl methyl sites for hydroxylation is 2. The Morgan fingerprint density at radius 1 is 1.27 bits per heavy atom. The number of rotatable bonds is 2. The molecule has 1 heterocycles. The lowest BCUT2D eigenvalue weighted by Crippen LogP contribution is -1.99. The Kier molecular flexibility index (Phi) is 2.56. The van der Waals surface area contributed by atoms with Gasteiger partial charge in [0.2, 0.25) is 0 Å². The first kappa shape index (κ1) is 9.93. The lowest BCUT2D eigenvalue weighted by molar-refractivity contribution is 0.282. The summed E-state index contributed by atoms with van der Waals surface area (Å²) in [7, 11) is 0. The van der Waals surface area contributed by atoms with Crippen molar-refractivity contribution < 1.29 is 5.11 Å². The average Bonchev–Trinajstić information content (AvgIpc) is 2.58. The van der Waals surface area contributed by atoms with Crippen LogP contribution in [0.15, 0.2) is 30.3 Å². The molecule has 0 spiro atoms. The van der Waals surface area contributed by atoms with Gasteiger partial charge in [0.1, 0.15) is 0 Å². The molecule has 3 nitrogen and oxygen atoms in total. The van der Waals surface area contributed by atoms with Gasteiger partial charge in [0.25, 0.3) is 0 Å².